The van der Waals surface area contributed by atoms with Crippen molar-refractivity contribution in [2.75, 3.05) is 14.2 Å². The number of ether oxygens (including phenoxy) is 2. The van der Waals surface area contributed by atoms with Crippen LogP contribution < -0.4 is 14.9 Å². The number of aryl methyl sites for hydroxylation is 1. The fraction of sp³-hybridized carbons (Fsp3) is 0.217. The van der Waals surface area contributed by atoms with E-state index in [9.17, 15) is 4.79 Å². The highest BCUT2D eigenvalue weighted by atomic mass is 35.5. The molecule has 2 aromatic carbocycles. The molecule has 0 aliphatic rings. The van der Waals surface area contributed by atoms with Gasteiger partial charge in [0, 0.05) is 22.6 Å². The average Bonchev–Trinajstić information content (AvgIpc) is 3.03. The van der Waals surface area contributed by atoms with Crippen molar-refractivity contribution in [3.63, 3.8) is 0 Å². The number of rotatable bonds is 7. The van der Waals surface area contributed by atoms with Crippen LogP contribution in [0.4, 0.5) is 0 Å². The minimum absolute atomic E-state index is 0.167. The number of methoxy groups -OCH3 is 2. The molecule has 0 saturated heterocycles. The molecule has 0 aliphatic carbocycles. The molecule has 0 saturated carbocycles. The van der Waals surface area contributed by atoms with Crippen molar-refractivity contribution >= 4 is 35.3 Å². The Bertz CT molecular complexity index is 1140. The molecule has 0 atom stereocenters. The van der Waals surface area contributed by atoms with Crippen LogP contribution in [0, 0.1) is 13.8 Å². The molecule has 8 heteroatoms. The first-order valence-corrected chi connectivity index (χ1v) is 10.3. The maximum Gasteiger partial charge on any atom is 0.244 e. The summed E-state index contributed by atoms with van der Waals surface area (Å²) in [6.45, 7) is 3.96. The average molecular weight is 460 g/mol. The van der Waals surface area contributed by atoms with E-state index in [0.717, 1.165) is 28.2 Å². The van der Waals surface area contributed by atoms with E-state index in [-0.39, 0.29) is 12.3 Å². The van der Waals surface area contributed by atoms with Crippen molar-refractivity contribution in [2.24, 2.45) is 5.10 Å². The van der Waals surface area contributed by atoms with E-state index in [1.54, 1.807) is 38.6 Å². The van der Waals surface area contributed by atoms with Crippen molar-refractivity contribution in [1.29, 1.82) is 0 Å². The molecule has 1 heterocycles. The van der Waals surface area contributed by atoms with Gasteiger partial charge in [0.2, 0.25) is 5.91 Å². The van der Waals surface area contributed by atoms with Crippen LogP contribution in [0.1, 0.15) is 22.5 Å². The Hall–Kier alpha value is -2.96. The molecule has 0 fully saturated rings. The second-order valence-corrected chi connectivity index (χ2v) is 7.73. The van der Waals surface area contributed by atoms with E-state index in [1.807, 2.05) is 38.1 Å². The molecule has 0 aliphatic heterocycles. The molecule has 1 aromatic heterocycles. The van der Waals surface area contributed by atoms with Gasteiger partial charge in [-0.05, 0) is 55.8 Å². The van der Waals surface area contributed by atoms with E-state index < -0.39 is 0 Å². The fourth-order valence-corrected chi connectivity index (χ4v) is 3.62. The molecule has 1 amide bonds. The molecule has 3 aromatic rings. The highest BCUT2D eigenvalue weighted by Crippen LogP contribution is 2.28. The van der Waals surface area contributed by atoms with E-state index in [4.69, 9.17) is 32.7 Å². The van der Waals surface area contributed by atoms with Crippen LogP contribution in [0.3, 0.4) is 0 Å². The van der Waals surface area contributed by atoms with Gasteiger partial charge in [-0.15, -0.1) is 0 Å². The number of nitrogens with one attached hydrogen (secondary N) is 1. The summed E-state index contributed by atoms with van der Waals surface area (Å²) in [6.07, 6.45) is 1.79. The van der Waals surface area contributed by atoms with Gasteiger partial charge in [0.05, 0.1) is 36.9 Å². The number of hydrogen-bond donors (Lipinski definition) is 1. The van der Waals surface area contributed by atoms with Crippen LogP contribution in [-0.2, 0) is 11.2 Å². The third kappa shape index (κ3) is 5.21. The minimum atomic E-state index is -0.234. The highest BCUT2D eigenvalue weighted by Gasteiger charge is 2.11. The first kappa shape index (κ1) is 22.7. The van der Waals surface area contributed by atoms with E-state index in [1.165, 1.54) is 0 Å². The fourth-order valence-electron chi connectivity index (χ4n) is 3.33. The zero-order chi connectivity index (χ0) is 22.5. The van der Waals surface area contributed by atoms with Gasteiger partial charge < -0.3 is 14.0 Å². The van der Waals surface area contributed by atoms with Crippen LogP contribution >= 0.6 is 23.2 Å². The van der Waals surface area contributed by atoms with Crippen molar-refractivity contribution in [3.8, 4) is 17.2 Å². The predicted octanol–water partition coefficient (Wildman–Crippen LogP) is 5.11. The molecule has 6 nitrogen and oxygen atoms in total. The number of hydrazone groups is 1. The third-order valence-electron chi connectivity index (χ3n) is 4.84. The number of hydrogen-bond acceptors (Lipinski definition) is 4. The van der Waals surface area contributed by atoms with Crippen LogP contribution in [0.15, 0.2) is 47.6 Å². The smallest absolute Gasteiger partial charge is 0.244 e. The number of amides is 1. The summed E-state index contributed by atoms with van der Waals surface area (Å²) in [7, 11) is 3.12. The van der Waals surface area contributed by atoms with Crippen LogP contribution in [0.25, 0.3) is 5.69 Å². The standard InChI is InChI=1S/C23H23Cl2N3O3/c1-14-9-17(15(2)28(14)18-6-7-19(24)20(25)12-18)13-26-27-23(29)11-16-5-8-21(30-3)22(10-16)31-4/h5-10,12-13H,11H2,1-4H3,(H,27,29)/b26-13-. The first-order chi connectivity index (χ1) is 14.8. The Kier molecular flexibility index (Phi) is 7.25. The Morgan fingerprint density at radius 2 is 1.77 bits per heavy atom. The molecular weight excluding hydrogens is 437 g/mol. The van der Waals surface area contributed by atoms with Gasteiger partial charge in [0.1, 0.15) is 0 Å². The molecular formula is C23H23Cl2N3O3. The number of nitrogens with zero attached hydrogens (tertiary/aromatic N) is 2. The normalized spacial score (nSPS) is 11.0. The lowest BCUT2D eigenvalue weighted by molar-refractivity contribution is -0.120. The molecule has 162 valence electrons. The third-order valence-corrected chi connectivity index (χ3v) is 5.58. The Labute approximate surface area is 191 Å². The van der Waals surface area contributed by atoms with Crippen molar-refractivity contribution < 1.29 is 14.3 Å². The largest absolute Gasteiger partial charge is 0.493 e. The lowest BCUT2D eigenvalue weighted by Crippen LogP contribution is -2.19. The first-order valence-electron chi connectivity index (χ1n) is 9.51. The molecule has 0 bridgehead atoms. The number of aromatic nitrogens is 1. The van der Waals surface area contributed by atoms with E-state index >= 15 is 0 Å². The summed E-state index contributed by atoms with van der Waals surface area (Å²) in [5.74, 6) is 0.954. The number of carbonyl (C=O) groups is 1. The minimum Gasteiger partial charge on any atom is -0.493 e. The summed E-state index contributed by atoms with van der Waals surface area (Å²) >= 11 is 12.2. The van der Waals surface area contributed by atoms with Gasteiger partial charge >= 0.3 is 0 Å². The summed E-state index contributed by atoms with van der Waals surface area (Å²) in [5.41, 5.74) is 7.13. The summed E-state index contributed by atoms with van der Waals surface area (Å²) in [4.78, 5) is 12.3. The topological polar surface area (TPSA) is 64.8 Å². The SMILES string of the molecule is COc1ccc(CC(=O)N/N=C\c2cc(C)n(-c3ccc(Cl)c(Cl)c3)c2C)cc1OC. The van der Waals surface area contributed by atoms with Gasteiger partial charge in [0.15, 0.2) is 11.5 Å². The lowest BCUT2D eigenvalue weighted by atomic mass is 10.1. The Morgan fingerprint density at radius 3 is 2.45 bits per heavy atom. The number of halogens is 2. The van der Waals surface area contributed by atoms with Crippen LogP contribution in [-0.4, -0.2) is 30.9 Å². The summed E-state index contributed by atoms with van der Waals surface area (Å²) in [6, 6.07) is 12.8. The molecule has 0 spiro atoms. The van der Waals surface area contributed by atoms with Gasteiger partial charge in [-0.1, -0.05) is 29.3 Å². The second kappa shape index (κ2) is 9.90. The highest BCUT2D eigenvalue weighted by molar-refractivity contribution is 6.42. The molecule has 3 rings (SSSR count). The molecule has 31 heavy (non-hydrogen) atoms. The number of carbonyl (C=O) groups excluding carboxylic acids is 1. The second-order valence-electron chi connectivity index (χ2n) is 6.92. The monoisotopic (exact) mass is 459 g/mol. The van der Waals surface area contributed by atoms with E-state index in [2.05, 4.69) is 15.1 Å². The predicted molar refractivity (Wildman–Crippen MR) is 124 cm³/mol. The van der Waals surface area contributed by atoms with Gasteiger partial charge in [-0.3, -0.25) is 4.79 Å². The summed E-state index contributed by atoms with van der Waals surface area (Å²) < 4.78 is 12.5. The van der Waals surface area contributed by atoms with Gasteiger partial charge in [-0.2, -0.15) is 5.10 Å². The quantitative estimate of drug-likeness (QED) is 0.394. The van der Waals surface area contributed by atoms with Crippen molar-refractivity contribution in [1.82, 2.24) is 9.99 Å². The maximum atomic E-state index is 12.3. The van der Waals surface area contributed by atoms with Crippen LogP contribution in [0.5, 0.6) is 11.5 Å². The molecule has 0 unspecified atom stereocenters. The van der Waals surface area contributed by atoms with Crippen molar-refractivity contribution in [2.45, 2.75) is 20.3 Å². The maximum absolute atomic E-state index is 12.3. The van der Waals surface area contributed by atoms with Crippen LogP contribution in [0.2, 0.25) is 10.0 Å². The zero-order valence-electron chi connectivity index (χ0n) is 17.7. The Morgan fingerprint density at radius 1 is 1.03 bits per heavy atom. The van der Waals surface area contributed by atoms with Gasteiger partial charge in [-0.25, -0.2) is 5.43 Å². The zero-order valence-corrected chi connectivity index (χ0v) is 19.2. The Balaban J connectivity index is 1.70. The molecule has 0 radical (unpaired) electrons. The number of benzene rings is 2. The lowest BCUT2D eigenvalue weighted by Gasteiger charge is -2.10. The van der Waals surface area contributed by atoms with Gasteiger partial charge in [0.25, 0.3) is 0 Å². The van der Waals surface area contributed by atoms with Crippen molar-refractivity contribution in [3.05, 3.63) is 75.0 Å². The summed E-state index contributed by atoms with van der Waals surface area (Å²) in [5, 5.41) is 5.11. The molecule has 1 N–H and O–H groups in total. The van der Waals surface area contributed by atoms with E-state index in [0.29, 0.717) is 21.5 Å².